The Morgan fingerprint density at radius 3 is 1.67 bits per heavy atom. The molecule has 0 amide bonds. The normalized spacial score (nSPS) is 11.6. The molecule has 0 aliphatic carbocycles. The van der Waals surface area contributed by atoms with Crippen molar-refractivity contribution >= 4 is 11.0 Å². The van der Waals surface area contributed by atoms with Crippen LogP contribution in [0.25, 0.3) is 4.72 Å². The van der Waals surface area contributed by atoms with E-state index in [0.717, 1.165) is 0 Å². The van der Waals surface area contributed by atoms with Gasteiger partial charge in [0.05, 0.1) is 0 Å². The van der Waals surface area contributed by atoms with Crippen molar-refractivity contribution in [1.82, 2.24) is 0 Å². The molecule has 2 nitrogen and oxygen atoms in total. The SMILES string of the molecule is C[N-]S(=O)C(C)C.[Y].[Y]. The maximum atomic E-state index is 10.5. The van der Waals surface area contributed by atoms with E-state index in [1.807, 2.05) is 13.8 Å². The summed E-state index contributed by atoms with van der Waals surface area (Å²) in [5.74, 6) is 0. The van der Waals surface area contributed by atoms with E-state index >= 15 is 0 Å². The summed E-state index contributed by atoms with van der Waals surface area (Å²) in [6, 6.07) is 0. The standard InChI is InChI=1S/C4H10NOS.2Y/c1-4(2)7(6)5-3;;/h4H,1-3H3;;/q-1;;. The van der Waals surface area contributed by atoms with E-state index in [4.69, 9.17) is 0 Å². The minimum absolute atomic E-state index is 0. The molecule has 0 aromatic rings. The van der Waals surface area contributed by atoms with Gasteiger partial charge in [-0.2, -0.15) is 7.05 Å². The summed E-state index contributed by atoms with van der Waals surface area (Å²) in [7, 11) is 0.612. The fourth-order valence-corrected chi connectivity index (χ4v) is 0.632. The van der Waals surface area contributed by atoms with Crippen LogP contribution >= 0.6 is 0 Å². The van der Waals surface area contributed by atoms with Gasteiger partial charge < -0.3 is 4.72 Å². The summed E-state index contributed by atoms with van der Waals surface area (Å²) < 4.78 is 14.0. The molecule has 0 aromatic heterocycles. The second-order valence-electron chi connectivity index (χ2n) is 1.51. The molecule has 0 aromatic carbocycles. The van der Waals surface area contributed by atoms with E-state index in [-0.39, 0.29) is 70.7 Å². The molecule has 0 aliphatic heterocycles. The number of hydrogen-bond acceptors (Lipinski definition) is 1. The van der Waals surface area contributed by atoms with Crippen LogP contribution in [0.3, 0.4) is 0 Å². The molecule has 2 radical (unpaired) electrons. The first kappa shape index (κ1) is 17.4. The Hall–Kier alpha value is 2.32. The molecule has 0 fully saturated rings. The molecule has 0 heterocycles. The molecule has 0 aliphatic rings. The largest absolute Gasteiger partial charge is 0.579 e. The van der Waals surface area contributed by atoms with Crippen molar-refractivity contribution in [2.75, 3.05) is 7.05 Å². The zero-order valence-electron chi connectivity index (χ0n) is 6.00. The van der Waals surface area contributed by atoms with Gasteiger partial charge in [-0.1, -0.05) is 24.8 Å². The number of rotatable bonds is 2. The molecule has 0 rings (SSSR count). The molecule has 0 saturated carbocycles. The Morgan fingerprint density at radius 2 is 1.67 bits per heavy atom. The zero-order valence-corrected chi connectivity index (χ0v) is 12.5. The van der Waals surface area contributed by atoms with E-state index in [0.29, 0.717) is 0 Å². The van der Waals surface area contributed by atoms with Gasteiger partial charge in [-0.05, 0) is 0 Å². The average molecular weight is 298 g/mol. The first-order chi connectivity index (χ1) is 3.18. The minimum Gasteiger partial charge on any atom is -0.579 e. The Kier molecular flexibility index (Phi) is 20.0. The van der Waals surface area contributed by atoms with Gasteiger partial charge in [0.15, 0.2) is 0 Å². The van der Waals surface area contributed by atoms with Crippen LogP contribution in [0.1, 0.15) is 13.8 Å². The van der Waals surface area contributed by atoms with Gasteiger partial charge in [0.1, 0.15) is 0 Å². The molecular weight excluding hydrogens is 288 g/mol. The summed E-state index contributed by atoms with van der Waals surface area (Å²) >= 11 is 0. The third-order valence-corrected chi connectivity index (χ3v) is 1.75. The number of hydrogen-bond donors (Lipinski definition) is 0. The smallest absolute Gasteiger partial charge is 0.0103 e. The Morgan fingerprint density at radius 1 is 1.33 bits per heavy atom. The Balaban J connectivity index is -0.000000180. The van der Waals surface area contributed by atoms with Crippen LogP contribution < -0.4 is 0 Å². The summed E-state index contributed by atoms with van der Waals surface area (Å²) in [6.45, 7) is 3.76. The van der Waals surface area contributed by atoms with Gasteiger partial charge in [0.2, 0.25) is 0 Å². The number of nitrogens with zero attached hydrogens (tertiary/aromatic N) is 1. The van der Waals surface area contributed by atoms with E-state index < -0.39 is 11.0 Å². The van der Waals surface area contributed by atoms with Gasteiger partial charge in [-0.15, -0.1) is 0 Å². The van der Waals surface area contributed by atoms with E-state index in [1.54, 1.807) is 7.05 Å². The van der Waals surface area contributed by atoms with Crippen LogP contribution in [0.4, 0.5) is 0 Å². The van der Waals surface area contributed by atoms with Crippen LogP contribution in [0.2, 0.25) is 0 Å². The van der Waals surface area contributed by atoms with Crippen LogP contribution in [-0.4, -0.2) is 16.5 Å². The maximum absolute atomic E-state index is 10.5. The Labute approximate surface area is 110 Å². The summed E-state index contributed by atoms with van der Waals surface area (Å²) in [5.41, 5.74) is 0. The minimum atomic E-state index is -0.954. The van der Waals surface area contributed by atoms with Crippen molar-refractivity contribution in [3.05, 3.63) is 4.72 Å². The summed E-state index contributed by atoms with van der Waals surface area (Å²) in [5, 5.41) is 0.171. The predicted molar refractivity (Wildman–Crippen MR) is 32.6 cm³/mol. The molecule has 1 atom stereocenters. The third-order valence-electron chi connectivity index (χ3n) is 0.583. The topological polar surface area (TPSA) is 31.2 Å². The van der Waals surface area contributed by atoms with E-state index in [2.05, 4.69) is 4.72 Å². The quantitative estimate of drug-likeness (QED) is 0.750. The molecule has 0 spiro atoms. The molecule has 9 heavy (non-hydrogen) atoms. The monoisotopic (exact) mass is 298 g/mol. The van der Waals surface area contributed by atoms with Gasteiger partial charge in [0.25, 0.3) is 0 Å². The average Bonchev–Trinajstić information content (AvgIpc) is 1.65. The van der Waals surface area contributed by atoms with Gasteiger partial charge >= 0.3 is 0 Å². The molecule has 0 saturated heterocycles. The van der Waals surface area contributed by atoms with Crippen LogP contribution in [0.5, 0.6) is 0 Å². The molecule has 1 unspecified atom stereocenters. The molecule has 0 N–H and O–H groups in total. The van der Waals surface area contributed by atoms with E-state index in [1.165, 1.54) is 0 Å². The van der Waals surface area contributed by atoms with Crippen LogP contribution in [-0.2, 0) is 76.4 Å². The van der Waals surface area contributed by atoms with Crippen molar-refractivity contribution in [2.45, 2.75) is 19.1 Å². The van der Waals surface area contributed by atoms with Crippen molar-refractivity contribution in [2.24, 2.45) is 0 Å². The second-order valence-corrected chi connectivity index (χ2v) is 3.37. The second kappa shape index (κ2) is 10.3. The Bertz CT molecular complexity index is 79.0. The van der Waals surface area contributed by atoms with Crippen LogP contribution in [0.15, 0.2) is 0 Å². The first-order valence-corrected chi connectivity index (χ1v) is 3.36. The zero-order chi connectivity index (χ0) is 5.86. The first-order valence-electron chi connectivity index (χ1n) is 2.19. The predicted octanol–water partition coefficient (Wildman–Crippen LogP) is 1.06. The summed E-state index contributed by atoms with van der Waals surface area (Å²) in [6.07, 6.45) is 0. The summed E-state index contributed by atoms with van der Waals surface area (Å²) in [4.78, 5) is 0. The van der Waals surface area contributed by atoms with Crippen molar-refractivity contribution in [3.8, 4) is 0 Å². The van der Waals surface area contributed by atoms with Crippen molar-refractivity contribution < 1.29 is 69.6 Å². The van der Waals surface area contributed by atoms with Crippen LogP contribution in [0, 0.1) is 0 Å². The fraction of sp³-hybridized carbons (Fsp3) is 1.00. The van der Waals surface area contributed by atoms with Gasteiger partial charge in [-0.3, -0.25) is 4.21 Å². The third kappa shape index (κ3) is 10.3. The van der Waals surface area contributed by atoms with Crippen molar-refractivity contribution in [3.63, 3.8) is 0 Å². The van der Waals surface area contributed by atoms with Gasteiger partial charge in [0, 0.05) is 70.7 Å². The fourth-order valence-electron chi connectivity index (χ4n) is 0.211. The van der Waals surface area contributed by atoms with Crippen molar-refractivity contribution in [1.29, 1.82) is 0 Å². The van der Waals surface area contributed by atoms with Gasteiger partial charge in [-0.25, -0.2) is 0 Å². The molecule has 0 bridgehead atoms. The molecule has 50 valence electrons. The van der Waals surface area contributed by atoms with E-state index in [9.17, 15) is 4.21 Å². The molecule has 5 heteroatoms. The maximum Gasteiger partial charge on any atom is 0.0103 e. The molecular formula is C4H10NOSY2-.